The van der Waals surface area contributed by atoms with Gasteiger partial charge < -0.3 is 4.74 Å². The maximum absolute atomic E-state index is 11.7. The average Bonchev–Trinajstić information content (AvgIpc) is 2.35. The highest BCUT2D eigenvalue weighted by molar-refractivity contribution is 5.71. The van der Waals surface area contributed by atoms with Crippen molar-refractivity contribution < 1.29 is 9.53 Å². The normalized spacial score (nSPS) is 14.2. The molecular formula is C16H32O2. The van der Waals surface area contributed by atoms with Crippen LogP contribution in [0.1, 0.15) is 79.1 Å². The second kappa shape index (κ2) is 11.6. The second-order valence-corrected chi connectivity index (χ2v) is 5.60. The van der Waals surface area contributed by atoms with Gasteiger partial charge in [0.15, 0.2) is 0 Å². The van der Waals surface area contributed by atoms with Crippen LogP contribution >= 0.6 is 0 Å². The number of unbranched alkanes of at least 4 members (excludes halogenated alkanes) is 3. The molecule has 0 rings (SSSR count). The van der Waals surface area contributed by atoms with Gasteiger partial charge in [0.25, 0.3) is 0 Å². The molecule has 2 nitrogen and oxygen atoms in total. The van der Waals surface area contributed by atoms with Crippen LogP contribution in [-0.2, 0) is 9.53 Å². The Labute approximate surface area is 113 Å². The molecule has 0 saturated carbocycles. The van der Waals surface area contributed by atoms with E-state index in [2.05, 4.69) is 20.8 Å². The third-order valence-corrected chi connectivity index (χ3v) is 3.52. The maximum Gasteiger partial charge on any atom is 0.308 e. The van der Waals surface area contributed by atoms with Crippen molar-refractivity contribution in [3.05, 3.63) is 0 Å². The van der Waals surface area contributed by atoms with Crippen LogP contribution in [0.5, 0.6) is 0 Å². The van der Waals surface area contributed by atoms with Crippen LogP contribution in [-0.4, -0.2) is 12.6 Å². The Kier molecular flexibility index (Phi) is 11.2. The number of rotatable bonds is 11. The van der Waals surface area contributed by atoms with Gasteiger partial charge in [0.1, 0.15) is 0 Å². The molecule has 0 amide bonds. The van der Waals surface area contributed by atoms with E-state index in [1.54, 1.807) is 0 Å². The molecule has 0 aliphatic carbocycles. The Balaban J connectivity index is 3.56. The summed E-state index contributed by atoms with van der Waals surface area (Å²) in [5.41, 5.74) is 0. The molecule has 0 radical (unpaired) electrons. The van der Waals surface area contributed by atoms with E-state index in [-0.39, 0.29) is 11.9 Å². The van der Waals surface area contributed by atoms with Gasteiger partial charge in [0.05, 0.1) is 12.5 Å². The monoisotopic (exact) mass is 256 g/mol. The summed E-state index contributed by atoms with van der Waals surface area (Å²) in [5, 5.41) is 0. The summed E-state index contributed by atoms with van der Waals surface area (Å²) in [6.45, 7) is 9.27. The molecule has 0 aliphatic rings. The molecule has 0 aromatic rings. The molecule has 0 aromatic heterocycles. The smallest absolute Gasteiger partial charge is 0.308 e. The fourth-order valence-electron chi connectivity index (χ4n) is 2.13. The average molecular weight is 256 g/mol. The topological polar surface area (TPSA) is 26.3 Å². The summed E-state index contributed by atoms with van der Waals surface area (Å²) >= 11 is 0. The first kappa shape index (κ1) is 17.5. The zero-order chi connectivity index (χ0) is 13.8. The van der Waals surface area contributed by atoms with Gasteiger partial charge >= 0.3 is 5.97 Å². The van der Waals surface area contributed by atoms with Crippen molar-refractivity contribution in [2.75, 3.05) is 6.61 Å². The van der Waals surface area contributed by atoms with Crippen LogP contribution in [0.4, 0.5) is 0 Å². The molecule has 0 aromatic carbocycles. The molecule has 0 fully saturated rings. The third kappa shape index (κ3) is 9.49. The van der Waals surface area contributed by atoms with E-state index < -0.39 is 0 Å². The zero-order valence-corrected chi connectivity index (χ0v) is 12.8. The summed E-state index contributed by atoms with van der Waals surface area (Å²) in [6.07, 6.45) is 9.25. The molecule has 2 unspecified atom stereocenters. The standard InChI is InChI=1S/C16H32O2/c1-5-7-8-9-13-18-16(17)15(4)12-11-14(3)10-6-2/h14-15H,5-13H2,1-4H3. The van der Waals surface area contributed by atoms with Gasteiger partial charge in [0, 0.05) is 0 Å². The summed E-state index contributed by atoms with van der Waals surface area (Å²) in [7, 11) is 0. The Bertz CT molecular complexity index is 201. The maximum atomic E-state index is 11.7. The fourth-order valence-corrected chi connectivity index (χ4v) is 2.13. The molecule has 0 heterocycles. The Hall–Kier alpha value is -0.530. The van der Waals surface area contributed by atoms with Crippen LogP contribution in [0.25, 0.3) is 0 Å². The van der Waals surface area contributed by atoms with Gasteiger partial charge in [0.2, 0.25) is 0 Å². The molecule has 0 aliphatic heterocycles. The number of ether oxygens (including phenoxy) is 1. The summed E-state index contributed by atoms with van der Waals surface area (Å²) in [5.74, 6) is 0.792. The summed E-state index contributed by atoms with van der Waals surface area (Å²) < 4.78 is 5.30. The van der Waals surface area contributed by atoms with Gasteiger partial charge in [-0.1, -0.05) is 59.8 Å². The summed E-state index contributed by atoms with van der Waals surface area (Å²) in [4.78, 5) is 11.7. The first-order valence-electron chi connectivity index (χ1n) is 7.78. The van der Waals surface area contributed by atoms with E-state index >= 15 is 0 Å². The molecule has 0 saturated heterocycles. The minimum Gasteiger partial charge on any atom is -0.465 e. The van der Waals surface area contributed by atoms with E-state index in [4.69, 9.17) is 4.74 Å². The highest BCUT2D eigenvalue weighted by atomic mass is 16.5. The minimum absolute atomic E-state index is 0.00445. The number of hydrogen-bond donors (Lipinski definition) is 0. The van der Waals surface area contributed by atoms with Crippen LogP contribution < -0.4 is 0 Å². The Morgan fingerprint density at radius 1 is 0.944 bits per heavy atom. The van der Waals surface area contributed by atoms with E-state index in [0.717, 1.165) is 25.2 Å². The SMILES string of the molecule is CCCCCCOC(=O)C(C)CCC(C)CCC. The molecule has 18 heavy (non-hydrogen) atoms. The number of carbonyl (C=O) groups is 1. The molecule has 2 atom stereocenters. The molecule has 0 N–H and O–H groups in total. The Morgan fingerprint density at radius 3 is 2.28 bits per heavy atom. The first-order valence-corrected chi connectivity index (χ1v) is 7.78. The highest BCUT2D eigenvalue weighted by Crippen LogP contribution is 2.17. The molecule has 2 heteroatoms. The number of esters is 1. The lowest BCUT2D eigenvalue weighted by molar-refractivity contribution is -0.148. The predicted octanol–water partition coefficient (Wildman–Crippen LogP) is 4.96. The van der Waals surface area contributed by atoms with E-state index in [0.29, 0.717) is 6.61 Å². The summed E-state index contributed by atoms with van der Waals surface area (Å²) in [6, 6.07) is 0. The van der Waals surface area contributed by atoms with Crippen molar-refractivity contribution in [3.63, 3.8) is 0 Å². The largest absolute Gasteiger partial charge is 0.465 e. The van der Waals surface area contributed by atoms with E-state index in [1.165, 1.54) is 32.1 Å². The number of carbonyl (C=O) groups excluding carboxylic acids is 1. The Morgan fingerprint density at radius 2 is 1.67 bits per heavy atom. The fraction of sp³-hybridized carbons (Fsp3) is 0.938. The van der Waals surface area contributed by atoms with E-state index in [9.17, 15) is 4.79 Å². The van der Waals surface area contributed by atoms with Crippen LogP contribution in [0.3, 0.4) is 0 Å². The minimum atomic E-state index is -0.00445. The lowest BCUT2D eigenvalue weighted by Crippen LogP contribution is -2.16. The third-order valence-electron chi connectivity index (χ3n) is 3.52. The zero-order valence-electron chi connectivity index (χ0n) is 12.8. The lowest BCUT2D eigenvalue weighted by atomic mass is 9.95. The van der Waals surface area contributed by atoms with Gasteiger partial charge in [-0.05, 0) is 25.2 Å². The molecular weight excluding hydrogens is 224 g/mol. The van der Waals surface area contributed by atoms with Crippen molar-refractivity contribution in [2.45, 2.75) is 79.1 Å². The van der Waals surface area contributed by atoms with Gasteiger partial charge in [-0.2, -0.15) is 0 Å². The van der Waals surface area contributed by atoms with Crippen molar-refractivity contribution in [1.29, 1.82) is 0 Å². The van der Waals surface area contributed by atoms with Crippen molar-refractivity contribution in [1.82, 2.24) is 0 Å². The first-order chi connectivity index (χ1) is 8.61. The molecule has 0 bridgehead atoms. The second-order valence-electron chi connectivity index (χ2n) is 5.60. The van der Waals surface area contributed by atoms with Gasteiger partial charge in [-0.25, -0.2) is 0 Å². The lowest BCUT2D eigenvalue weighted by Gasteiger charge is -2.14. The van der Waals surface area contributed by atoms with Crippen LogP contribution in [0.15, 0.2) is 0 Å². The highest BCUT2D eigenvalue weighted by Gasteiger charge is 2.15. The molecule has 0 spiro atoms. The van der Waals surface area contributed by atoms with Crippen LogP contribution in [0.2, 0.25) is 0 Å². The predicted molar refractivity (Wildman–Crippen MR) is 77.6 cm³/mol. The van der Waals surface area contributed by atoms with Crippen molar-refractivity contribution >= 4 is 5.97 Å². The van der Waals surface area contributed by atoms with E-state index in [1.807, 2.05) is 6.92 Å². The number of hydrogen-bond acceptors (Lipinski definition) is 2. The van der Waals surface area contributed by atoms with Crippen LogP contribution in [0, 0.1) is 11.8 Å². The van der Waals surface area contributed by atoms with Gasteiger partial charge in [-0.15, -0.1) is 0 Å². The van der Waals surface area contributed by atoms with Crippen molar-refractivity contribution in [2.24, 2.45) is 11.8 Å². The van der Waals surface area contributed by atoms with Crippen molar-refractivity contribution in [3.8, 4) is 0 Å². The van der Waals surface area contributed by atoms with Gasteiger partial charge in [-0.3, -0.25) is 4.79 Å². The molecule has 108 valence electrons. The quantitative estimate of drug-likeness (QED) is 0.385.